The smallest absolute Gasteiger partial charge is 0.251 e. The first-order valence-electron chi connectivity index (χ1n) is 5.54. The van der Waals surface area contributed by atoms with E-state index in [1.807, 2.05) is 45.0 Å². The summed E-state index contributed by atoms with van der Waals surface area (Å²) in [5.74, 6) is -0.0358. The lowest BCUT2D eigenvalue weighted by Crippen LogP contribution is -2.40. The number of hydrogen-bond acceptors (Lipinski definition) is 2. The summed E-state index contributed by atoms with van der Waals surface area (Å²) in [6.07, 6.45) is 0.802. The lowest BCUT2D eigenvalue weighted by molar-refractivity contribution is 0.0919. The maximum atomic E-state index is 11.9. The third kappa shape index (κ3) is 4.03. The van der Waals surface area contributed by atoms with E-state index in [1.54, 1.807) is 0 Å². The van der Waals surface area contributed by atoms with Crippen molar-refractivity contribution in [2.45, 2.75) is 32.7 Å². The van der Waals surface area contributed by atoms with Gasteiger partial charge in [0.15, 0.2) is 0 Å². The van der Waals surface area contributed by atoms with Gasteiger partial charge in [0, 0.05) is 11.1 Å². The van der Waals surface area contributed by atoms with Crippen molar-refractivity contribution in [1.82, 2.24) is 5.32 Å². The first kappa shape index (κ1) is 12.7. The quantitative estimate of drug-likeness (QED) is 0.815. The number of amides is 1. The van der Waals surface area contributed by atoms with Crippen LogP contribution in [-0.2, 0) is 6.42 Å². The first-order valence-corrected chi connectivity index (χ1v) is 5.54. The normalized spacial score (nSPS) is 11.2. The van der Waals surface area contributed by atoms with Crippen LogP contribution < -0.4 is 11.1 Å². The van der Waals surface area contributed by atoms with Crippen LogP contribution in [0.15, 0.2) is 24.3 Å². The lowest BCUT2D eigenvalue weighted by atomic mass is 10.1. The average Bonchev–Trinajstić information content (AvgIpc) is 2.16. The molecule has 0 aliphatic carbocycles. The highest BCUT2D eigenvalue weighted by Crippen LogP contribution is 2.08. The maximum absolute atomic E-state index is 11.9. The molecule has 1 aromatic carbocycles. The second-order valence-corrected chi connectivity index (χ2v) is 4.94. The van der Waals surface area contributed by atoms with E-state index in [0.717, 1.165) is 12.0 Å². The van der Waals surface area contributed by atoms with Gasteiger partial charge in [0.25, 0.3) is 5.91 Å². The third-order valence-electron chi connectivity index (χ3n) is 2.11. The number of hydrogen-bond donors (Lipinski definition) is 2. The lowest BCUT2D eigenvalue weighted by Gasteiger charge is -2.20. The summed E-state index contributed by atoms with van der Waals surface area (Å²) in [6, 6.07) is 7.60. The second-order valence-electron chi connectivity index (χ2n) is 4.94. The molecule has 3 nitrogen and oxygen atoms in total. The molecule has 0 saturated heterocycles. The maximum Gasteiger partial charge on any atom is 0.251 e. The van der Waals surface area contributed by atoms with Crippen molar-refractivity contribution in [3.05, 3.63) is 35.4 Å². The molecule has 1 rings (SSSR count). The topological polar surface area (TPSA) is 55.1 Å². The summed E-state index contributed by atoms with van der Waals surface area (Å²) in [7, 11) is 0. The van der Waals surface area contributed by atoms with Crippen LogP contribution >= 0.6 is 0 Å². The van der Waals surface area contributed by atoms with E-state index in [4.69, 9.17) is 5.73 Å². The molecule has 0 fully saturated rings. The summed E-state index contributed by atoms with van der Waals surface area (Å²) in [4.78, 5) is 11.9. The van der Waals surface area contributed by atoms with Gasteiger partial charge in [-0.2, -0.15) is 0 Å². The van der Waals surface area contributed by atoms with Crippen LogP contribution in [0.5, 0.6) is 0 Å². The van der Waals surface area contributed by atoms with Gasteiger partial charge in [0.1, 0.15) is 0 Å². The molecule has 88 valence electrons. The number of carbonyl (C=O) groups is 1. The number of benzene rings is 1. The summed E-state index contributed by atoms with van der Waals surface area (Å²) in [5, 5.41) is 2.93. The summed E-state index contributed by atoms with van der Waals surface area (Å²) < 4.78 is 0. The van der Waals surface area contributed by atoms with Gasteiger partial charge in [0.2, 0.25) is 0 Å². The third-order valence-corrected chi connectivity index (χ3v) is 2.11. The molecule has 0 unspecified atom stereocenters. The highest BCUT2D eigenvalue weighted by Gasteiger charge is 2.15. The highest BCUT2D eigenvalue weighted by molar-refractivity contribution is 5.94. The first-order chi connectivity index (χ1) is 7.42. The molecule has 0 atom stereocenters. The van der Waals surface area contributed by atoms with Gasteiger partial charge in [-0.25, -0.2) is 0 Å². The molecule has 0 aromatic heterocycles. The van der Waals surface area contributed by atoms with Crippen LogP contribution in [-0.4, -0.2) is 18.0 Å². The molecule has 0 radical (unpaired) electrons. The van der Waals surface area contributed by atoms with Gasteiger partial charge in [-0.05, 0) is 51.4 Å². The van der Waals surface area contributed by atoms with Crippen molar-refractivity contribution in [2.75, 3.05) is 6.54 Å². The van der Waals surface area contributed by atoms with Gasteiger partial charge in [-0.1, -0.05) is 12.1 Å². The molecule has 0 aliphatic rings. The van der Waals surface area contributed by atoms with Gasteiger partial charge in [-0.3, -0.25) is 4.79 Å². The van der Waals surface area contributed by atoms with Crippen LogP contribution in [0.25, 0.3) is 0 Å². The number of carbonyl (C=O) groups excluding carboxylic acids is 1. The van der Waals surface area contributed by atoms with Crippen LogP contribution in [0.4, 0.5) is 0 Å². The Morgan fingerprint density at radius 2 is 2.06 bits per heavy atom. The van der Waals surface area contributed by atoms with Crippen LogP contribution in [0.3, 0.4) is 0 Å². The summed E-state index contributed by atoms with van der Waals surface area (Å²) in [6.45, 7) is 6.50. The molecular formula is C13H20N2O. The number of nitrogens with one attached hydrogen (secondary N) is 1. The average molecular weight is 220 g/mol. The van der Waals surface area contributed by atoms with E-state index >= 15 is 0 Å². The molecule has 0 saturated carbocycles. The van der Waals surface area contributed by atoms with E-state index in [0.29, 0.717) is 12.1 Å². The van der Waals surface area contributed by atoms with Crippen molar-refractivity contribution >= 4 is 5.91 Å². The molecule has 0 aliphatic heterocycles. The van der Waals surface area contributed by atoms with Crippen LogP contribution in [0.2, 0.25) is 0 Å². The minimum absolute atomic E-state index is 0.0358. The second kappa shape index (κ2) is 5.12. The summed E-state index contributed by atoms with van der Waals surface area (Å²) >= 11 is 0. The Morgan fingerprint density at radius 1 is 1.38 bits per heavy atom. The molecule has 0 bridgehead atoms. The molecule has 1 aromatic rings. The SMILES string of the molecule is CC(C)(C)NC(=O)c1cccc(CCN)c1. The fourth-order valence-corrected chi connectivity index (χ4v) is 1.45. The minimum Gasteiger partial charge on any atom is -0.347 e. The zero-order valence-electron chi connectivity index (χ0n) is 10.2. The Kier molecular flexibility index (Phi) is 4.07. The Labute approximate surface area is 97.0 Å². The number of rotatable bonds is 3. The predicted octanol–water partition coefficient (Wildman–Crippen LogP) is 1.72. The molecule has 3 N–H and O–H groups in total. The fraction of sp³-hybridized carbons (Fsp3) is 0.462. The zero-order valence-corrected chi connectivity index (χ0v) is 10.2. The van der Waals surface area contributed by atoms with Crippen molar-refractivity contribution in [3.8, 4) is 0 Å². The van der Waals surface area contributed by atoms with E-state index in [1.165, 1.54) is 0 Å². The molecule has 1 amide bonds. The predicted molar refractivity (Wildman–Crippen MR) is 66.4 cm³/mol. The molecular weight excluding hydrogens is 200 g/mol. The van der Waals surface area contributed by atoms with Crippen LogP contribution in [0.1, 0.15) is 36.7 Å². The Bertz CT molecular complexity index is 366. The van der Waals surface area contributed by atoms with Gasteiger partial charge in [-0.15, -0.1) is 0 Å². The highest BCUT2D eigenvalue weighted by atomic mass is 16.1. The van der Waals surface area contributed by atoms with E-state index in [9.17, 15) is 4.79 Å². The van der Waals surface area contributed by atoms with Crippen molar-refractivity contribution in [2.24, 2.45) is 5.73 Å². The molecule has 0 heterocycles. The molecule has 0 spiro atoms. The Morgan fingerprint density at radius 3 is 2.62 bits per heavy atom. The molecule has 3 heteroatoms. The van der Waals surface area contributed by atoms with E-state index in [-0.39, 0.29) is 11.4 Å². The van der Waals surface area contributed by atoms with Gasteiger partial charge in [0.05, 0.1) is 0 Å². The van der Waals surface area contributed by atoms with Gasteiger partial charge < -0.3 is 11.1 Å². The van der Waals surface area contributed by atoms with Crippen molar-refractivity contribution < 1.29 is 4.79 Å². The minimum atomic E-state index is -0.207. The van der Waals surface area contributed by atoms with Gasteiger partial charge >= 0.3 is 0 Å². The number of nitrogens with two attached hydrogens (primary N) is 1. The van der Waals surface area contributed by atoms with E-state index < -0.39 is 0 Å². The van der Waals surface area contributed by atoms with Crippen molar-refractivity contribution in [3.63, 3.8) is 0 Å². The zero-order chi connectivity index (χ0) is 12.2. The summed E-state index contributed by atoms with van der Waals surface area (Å²) in [5.41, 5.74) is 7.08. The largest absolute Gasteiger partial charge is 0.347 e. The van der Waals surface area contributed by atoms with Crippen molar-refractivity contribution in [1.29, 1.82) is 0 Å². The Hall–Kier alpha value is -1.35. The monoisotopic (exact) mass is 220 g/mol. The fourth-order valence-electron chi connectivity index (χ4n) is 1.45. The van der Waals surface area contributed by atoms with E-state index in [2.05, 4.69) is 5.32 Å². The Balaban J connectivity index is 2.79. The van der Waals surface area contributed by atoms with Crippen LogP contribution in [0, 0.1) is 0 Å². The standard InChI is InChI=1S/C13H20N2O/c1-13(2,3)15-12(16)11-6-4-5-10(9-11)7-8-14/h4-6,9H,7-8,14H2,1-3H3,(H,15,16). The molecule has 16 heavy (non-hydrogen) atoms.